The second kappa shape index (κ2) is 6.51. The highest BCUT2D eigenvalue weighted by molar-refractivity contribution is 5.95. The molecule has 0 saturated carbocycles. The average Bonchev–Trinajstić information content (AvgIpc) is 2.89. The number of benzene rings is 1. The molecule has 0 spiro atoms. The van der Waals surface area contributed by atoms with Gasteiger partial charge in [0, 0.05) is 11.8 Å². The predicted molar refractivity (Wildman–Crippen MR) is 78.4 cm³/mol. The standard InChI is InChI=1S/C14H14F2N4O3/c1-8-7-11(13(15)16)18-19(8)9(2)14(21)17-10-5-3-4-6-12(10)20(22)23/h3-7,9,13H,1-2H3,(H,17,21). The second-order valence-corrected chi connectivity index (χ2v) is 4.90. The van der Waals surface area contributed by atoms with Crippen LogP contribution in [0.1, 0.15) is 30.8 Å². The molecule has 0 fully saturated rings. The summed E-state index contributed by atoms with van der Waals surface area (Å²) in [5.74, 6) is -0.591. The molecule has 1 atom stereocenters. The first kappa shape index (κ1) is 16.5. The Labute approximate surface area is 130 Å². The van der Waals surface area contributed by atoms with E-state index in [4.69, 9.17) is 0 Å². The van der Waals surface area contributed by atoms with E-state index >= 15 is 0 Å². The van der Waals surface area contributed by atoms with Gasteiger partial charge in [-0.2, -0.15) is 5.10 Å². The summed E-state index contributed by atoms with van der Waals surface area (Å²) in [5, 5.41) is 17.1. The van der Waals surface area contributed by atoms with Crippen molar-refractivity contribution in [2.24, 2.45) is 0 Å². The lowest BCUT2D eigenvalue weighted by Crippen LogP contribution is -2.25. The Morgan fingerprint density at radius 3 is 2.61 bits per heavy atom. The van der Waals surface area contributed by atoms with E-state index in [1.165, 1.54) is 31.2 Å². The monoisotopic (exact) mass is 324 g/mol. The highest BCUT2D eigenvalue weighted by Gasteiger charge is 2.23. The van der Waals surface area contributed by atoms with Crippen LogP contribution >= 0.6 is 0 Å². The van der Waals surface area contributed by atoms with Crippen molar-refractivity contribution >= 4 is 17.3 Å². The van der Waals surface area contributed by atoms with Crippen LogP contribution in [0.4, 0.5) is 20.2 Å². The van der Waals surface area contributed by atoms with Gasteiger partial charge in [-0.05, 0) is 26.0 Å². The lowest BCUT2D eigenvalue weighted by Gasteiger charge is -2.14. The van der Waals surface area contributed by atoms with Gasteiger partial charge in [0.1, 0.15) is 17.4 Å². The lowest BCUT2D eigenvalue weighted by molar-refractivity contribution is -0.383. The third-order valence-electron chi connectivity index (χ3n) is 3.27. The SMILES string of the molecule is Cc1cc(C(F)F)nn1C(C)C(=O)Nc1ccccc1[N+](=O)[O-]. The molecule has 0 aliphatic heterocycles. The van der Waals surface area contributed by atoms with E-state index in [0.717, 1.165) is 4.68 Å². The van der Waals surface area contributed by atoms with Gasteiger partial charge in [0.15, 0.2) is 0 Å². The van der Waals surface area contributed by atoms with Gasteiger partial charge in [-0.15, -0.1) is 0 Å². The summed E-state index contributed by atoms with van der Waals surface area (Å²) >= 11 is 0. The molecule has 0 aliphatic carbocycles. The van der Waals surface area contributed by atoms with Gasteiger partial charge in [0.05, 0.1) is 4.92 Å². The average molecular weight is 324 g/mol. The number of hydrogen-bond acceptors (Lipinski definition) is 4. The molecule has 7 nitrogen and oxygen atoms in total. The van der Waals surface area contributed by atoms with Gasteiger partial charge in [0.2, 0.25) is 5.91 Å². The molecule has 1 N–H and O–H groups in total. The largest absolute Gasteiger partial charge is 0.319 e. The molecule has 1 aromatic heterocycles. The van der Waals surface area contributed by atoms with Gasteiger partial charge in [-0.1, -0.05) is 12.1 Å². The van der Waals surface area contributed by atoms with Gasteiger partial charge in [-0.25, -0.2) is 8.78 Å². The van der Waals surface area contributed by atoms with Crippen LogP contribution in [-0.4, -0.2) is 20.6 Å². The number of aromatic nitrogens is 2. The summed E-state index contributed by atoms with van der Waals surface area (Å²) in [6.07, 6.45) is -2.74. The fraction of sp³-hybridized carbons (Fsp3) is 0.286. The number of halogens is 2. The van der Waals surface area contributed by atoms with Crippen molar-refractivity contribution in [2.45, 2.75) is 26.3 Å². The van der Waals surface area contributed by atoms with Gasteiger partial charge < -0.3 is 5.32 Å². The predicted octanol–water partition coefficient (Wildman–Crippen LogP) is 3.24. The summed E-state index contributed by atoms with van der Waals surface area (Å²) in [7, 11) is 0. The van der Waals surface area contributed by atoms with Crippen LogP contribution in [-0.2, 0) is 4.79 Å². The number of nitrogens with zero attached hydrogens (tertiary/aromatic N) is 3. The van der Waals surface area contributed by atoms with E-state index < -0.39 is 29.0 Å². The summed E-state index contributed by atoms with van der Waals surface area (Å²) < 4.78 is 26.5. The van der Waals surface area contributed by atoms with E-state index in [1.807, 2.05) is 0 Å². The molecular formula is C14H14F2N4O3. The van der Waals surface area contributed by atoms with E-state index in [0.29, 0.717) is 5.69 Å². The third kappa shape index (κ3) is 3.50. The molecule has 122 valence electrons. The lowest BCUT2D eigenvalue weighted by atomic mass is 10.2. The van der Waals surface area contributed by atoms with Crippen molar-refractivity contribution < 1.29 is 18.5 Å². The quantitative estimate of drug-likeness (QED) is 0.675. The number of rotatable bonds is 5. The van der Waals surface area contributed by atoms with Crippen LogP contribution in [0.2, 0.25) is 0 Å². The first-order chi connectivity index (χ1) is 10.8. The van der Waals surface area contributed by atoms with E-state index in [-0.39, 0.29) is 11.4 Å². The minimum absolute atomic E-state index is 0.0354. The number of nitrogens with one attached hydrogen (secondary N) is 1. The number of alkyl halides is 2. The Hall–Kier alpha value is -2.84. The van der Waals surface area contributed by atoms with Gasteiger partial charge in [-0.3, -0.25) is 19.6 Å². The first-order valence-corrected chi connectivity index (χ1v) is 6.69. The van der Waals surface area contributed by atoms with Crippen LogP contribution in [0.3, 0.4) is 0 Å². The number of nitro groups is 1. The zero-order chi connectivity index (χ0) is 17.1. The number of hydrogen-bond donors (Lipinski definition) is 1. The molecule has 1 unspecified atom stereocenters. The van der Waals surface area contributed by atoms with Crippen LogP contribution in [0.5, 0.6) is 0 Å². The summed E-state index contributed by atoms with van der Waals surface area (Å²) in [6, 6.07) is 5.96. The molecule has 0 aliphatic rings. The molecule has 1 aromatic carbocycles. The maximum Gasteiger partial charge on any atom is 0.292 e. The molecule has 1 amide bonds. The Balaban J connectivity index is 2.23. The van der Waals surface area contributed by atoms with Crippen LogP contribution < -0.4 is 5.32 Å². The number of amides is 1. The summed E-state index contributed by atoms with van der Waals surface area (Å²) in [5.41, 5.74) is -0.245. The van der Waals surface area contributed by atoms with E-state index in [1.54, 1.807) is 13.0 Å². The van der Waals surface area contributed by atoms with Crippen molar-refractivity contribution in [2.75, 3.05) is 5.32 Å². The fourth-order valence-electron chi connectivity index (χ4n) is 2.10. The number of carbonyl (C=O) groups excluding carboxylic acids is 1. The molecule has 0 radical (unpaired) electrons. The van der Waals surface area contributed by atoms with Gasteiger partial charge in [0.25, 0.3) is 12.1 Å². The first-order valence-electron chi connectivity index (χ1n) is 6.69. The number of para-hydroxylation sites is 2. The number of anilines is 1. The Kier molecular flexibility index (Phi) is 4.68. The van der Waals surface area contributed by atoms with E-state index in [9.17, 15) is 23.7 Å². The maximum atomic E-state index is 12.7. The Bertz CT molecular complexity index is 745. The second-order valence-electron chi connectivity index (χ2n) is 4.90. The highest BCUT2D eigenvalue weighted by Crippen LogP contribution is 2.25. The zero-order valence-electron chi connectivity index (χ0n) is 12.4. The molecular weight excluding hydrogens is 310 g/mol. The molecule has 1 heterocycles. The number of carbonyl (C=O) groups is 1. The minimum Gasteiger partial charge on any atom is -0.319 e. The smallest absolute Gasteiger partial charge is 0.292 e. The van der Waals surface area contributed by atoms with Crippen LogP contribution in [0.25, 0.3) is 0 Å². The Morgan fingerprint density at radius 2 is 2.04 bits per heavy atom. The maximum absolute atomic E-state index is 12.7. The topological polar surface area (TPSA) is 90.1 Å². The van der Waals surface area contributed by atoms with Crippen molar-refractivity contribution in [3.8, 4) is 0 Å². The van der Waals surface area contributed by atoms with Crippen LogP contribution in [0, 0.1) is 17.0 Å². The third-order valence-corrected chi connectivity index (χ3v) is 3.27. The fourth-order valence-corrected chi connectivity index (χ4v) is 2.10. The van der Waals surface area contributed by atoms with Gasteiger partial charge >= 0.3 is 0 Å². The van der Waals surface area contributed by atoms with Crippen molar-refractivity contribution in [1.82, 2.24) is 9.78 Å². The minimum atomic E-state index is -2.74. The van der Waals surface area contributed by atoms with Crippen molar-refractivity contribution in [3.05, 3.63) is 51.8 Å². The van der Waals surface area contributed by atoms with Crippen LogP contribution in [0.15, 0.2) is 30.3 Å². The Morgan fingerprint density at radius 1 is 1.39 bits per heavy atom. The molecule has 2 aromatic rings. The summed E-state index contributed by atoms with van der Waals surface area (Å²) in [4.78, 5) is 22.5. The number of aryl methyl sites for hydroxylation is 1. The molecule has 23 heavy (non-hydrogen) atoms. The molecule has 2 rings (SSSR count). The summed E-state index contributed by atoms with van der Waals surface area (Å²) in [6.45, 7) is 3.02. The molecule has 0 bridgehead atoms. The number of nitro benzene ring substituents is 1. The molecule has 0 saturated heterocycles. The van der Waals surface area contributed by atoms with Crippen molar-refractivity contribution in [3.63, 3.8) is 0 Å². The normalized spacial score (nSPS) is 12.2. The molecule has 9 heteroatoms. The van der Waals surface area contributed by atoms with E-state index in [2.05, 4.69) is 10.4 Å². The highest BCUT2D eigenvalue weighted by atomic mass is 19.3. The van der Waals surface area contributed by atoms with Crippen molar-refractivity contribution in [1.29, 1.82) is 0 Å². The zero-order valence-corrected chi connectivity index (χ0v) is 12.4.